The highest BCUT2D eigenvalue weighted by Crippen LogP contribution is 2.42. The van der Waals surface area contributed by atoms with E-state index in [4.69, 9.17) is 17.3 Å². The van der Waals surface area contributed by atoms with Crippen molar-refractivity contribution >= 4 is 39.8 Å². The Morgan fingerprint density at radius 3 is 2.52 bits per heavy atom. The quantitative estimate of drug-likeness (QED) is 0.665. The van der Waals surface area contributed by atoms with E-state index >= 15 is 0 Å². The summed E-state index contributed by atoms with van der Waals surface area (Å²) >= 11 is 6.29. The predicted molar refractivity (Wildman–Crippen MR) is 111 cm³/mol. The van der Waals surface area contributed by atoms with Crippen LogP contribution in [0.2, 0.25) is 5.02 Å². The second-order valence-electron chi connectivity index (χ2n) is 7.59. The number of anilines is 2. The maximum Gasteiger partial charge on any atom is 0.258 e. The fraction of sp³-hybridized carbons (Fsp3) is 0.273. The van der Waals surface area contributed by atoms with Gasteiger partial charge in [0.1, 0.15) is 5.82 Å². The third-order valence-corrected chi connectivity index (χ3v) is 5.97. The number of nitrogen functional groups attached to an aromatic ring is 1. The van der Waals surface area contributed by atoms with E-state index in [0.717, 1.165) is 41.3 Å². The molecule has 1 aliphatic rings. The van der Waals surface area contributed by atoms with Gasteiger partial charge in [-0.1, -0.05) is 35.4 Å². The number of aromatic nitrogens is 1. The Bertz CT molecular complexity index is 1030. The predicted octanol–water partition coefficient (Wildman–Crippen LogP) is 5.37. The number of benzene rings is 2. The van der Waals surface area contributed by atoms with Crippen molar-refractivity contribution in [3.8, 4) is 0 Å². The lowest BCUT2D eigenvalue weighted by atomic mass is 9.76. The monoisotopic (exact) mass is 379 g/mol. The fourth-order valence-corrected chi connectivity index (χ4v) is 3.96. The molecule has 0 atom stereocenters. The molecule has 0 spiro atoms. The van der Waals surface area contributed by atoms with E-state index < -0.39 is 0 Å². The first kappa shape index (κ1) is 17.8. The van der Waals surface area contributed by atoms with Gasteiger partial charge >= 0.3 is 0 Å². The Balaban J connectivity index is 1.82. The van der Waals surface area contributed by atoms with E-state index in [0.29, 0.717) is 16.4 Å². The van der Waals surface area contributed by atoms with Crippen molar-refractivity contribution in [3.63, 3.8) is 0 Å². The van der Waals surface area contributed by atoms with E-state index in [1.807, 2.05) is 54.3 Å². The Hall–Kier alpha value is -2.59. The van der Waals surface area contributed by atoms with Gasteiger partial charge < -0.3 is 10.6 Å². The molecule has 3 aromatic rings. The average molecular weight is 380 g/mol. The van der Waals surface area contributed by atoms with Crippen LogP contribution in [-0.2, 0) is 0 Å². The molecular formula is C22H22ClN3O. The molecule has 2 aromatic carbocycles. The van der Waals surface area contributed by atoms with Gasteiger partial charge in [0.15, 0.2) is 0 Å². The molecule has 0 unspecified atom stereocenters. The van der Waals surface area contributed by atoms with Crippen LogP contribution >= 0.6 is 11.6 Å². The summed E-state index contributed by atoms with van der Waals surface area (Å²) in [5.41, 5.74) is 8.32. The highest BCUT2D eigenvalue weighted by molar-refractivity contribution is 6.37. The summed E-state index contributed by atoms with van der Waals surface area (Å²) in [5.74, 6) is 0.335. The van der Waals surface area contributed by atoms with Gasteiger partial charge in [0.2, 0.25) is 0 Å². The van der Waals surface area contributed by atoms with Crippen LogP contribution in [0.25, 0.3) is 10.8 Å². The molecule has 5 heteroatoms. The fourth-order valence-electron chi connectivity index (χ4n) is 3.74. The summed E-state index contributed by atoms with van der Waals surface area (Å²) in [6.45, 7) is 4.17. The SMILES string of the molecule is Cc1ccc(C(=O)N(c2ccc3c(Cl)c(N)ncc3c2)C2(C)CCC2)cc1. The molecule has 1 fully saturated rings. The summed E-state index contributed by atoms with van der Waals surface area (Å²) in [6, 6.07) is 13.6. The second kappa shape index (κ2) is 6.54. The summed E-state index contributed by atoms with van der Waals surface area (Å²) in [6.07, 6.45) is 4.82. The lowest BCUT2D eigenvalue weighted by Crippen LogP contribution is -2.54. The lowest BCUT2D eigenvalue weighted by Gasteiger charge is -2.48. The number of halogens is 1. The molecule has 1 aromatic heterocycles. The van der Waals surface area contributed by atoms with E-state index in [9.17, 15) is 4.79 Å². The van der Waals surface area contributed by atoms with E-state index in [1.54, 1.807) is 6.20 Å². The van der Waals surface area contributed by atoms with Crippen LogP contribution < -0.4 is 10.6 Å². The Kier molecular flexibility index (Phi) is 4.31. The first-order valence-corrected chi connectivity index (χ1v) is 9.52. The number of rotatable bonds is 3. The van der Waals surface area contributed by atoms with Crippen LogP contribution in [-0.4, -0.2) is 16.4 Å². The highest BCUT2D eigenvalue weighted by atomic mass is 35.5. The molecular weight excluding hydrogens is 358 g/mol. The summed E-state index contributed by atoms with van der Waals surface area (Å²) < 4.78 is 0. The molecule has 1 aliphatic carbocycles. The number of amides is 1. The smallest absolute Gasteiger partial charge is 0.258 e. The molecule has 2 N–H and O–H groups in total. The number of hydrogen-bond donors (Lipinski definition) is 1. The van der Waals surface area contributed by atoms with Crippen molar-refractivity contribution in [3.05, 3.63) is 64.8 Å². The highest BCUT2D eigenvalue weighted by Gasteiger charge is 2.41. The van der Waals surface area contributed by atoms with Gasteiger partial charge in [-0.05, 0) is 57.4 Å². The second-order valence-corrected chi connectivity index (χ2v) is 7.96. The zero-order valence-corrected chi connectivity index (χ0v) is 16.3. The zero-order valence-electron chi connectivity index (χ0n) is 15.5. The van der Waals surface area contributed by atoms with Gasteiger partial charge in [-0.2, -0.15) is 0 Å². The van der Waals surface area contributed by atoms with Gasteiger partial charge in [-0.3, -0.25) is 4.79 Å². The van der Waals surface area contributed by atoms with Gasteiger partial charge in [0.05, 0.1) is 5.02 Å². The maximum absolute atomic E-state index is 13.4. The van der Waals surface area contributed by atoms with Gasteiger partial charge in [-0.15, -0.1) is 0 Å². The van der Waals surface area contributed by atoms with Crippen molar-refractivity contribution in [1.82, 2.24) is 4.98 Å². The van der Waals surface area contributed by atoms with Crippen LogP contribution in [0.5, 0.6) is 0 Å². The van der Waals surface area contributed by atoms with E-state index in [-0.39, 0.29) is 11.4 Å². The minimum atomic E-state index is -0.180. The summed E-state index contributed by atoms with van der Waals surface area (Å²) in [4.78, 5) is 19.5. The molecule has 4 nitrogen and oxygen atoms in total. The minimum Gasteiger partial charge on any atom is -0.382 e. The third-order valence-electron chi connectivity index (χ3n) is 5.57. The number of fused-ring (bicyclic) bond motifs is 1. The molecule has 0 aliphatic heterocycles. The number of aryl methyl sites for hydroxylation is 1. The number of nitrogens with zero attached hydrogens (tertiary/aromatic N) is 2. The molecule has 1 amide bonds. The summed E-state index contributed by atoms with van der Waals surface area (Å²) in [7, 11) is 0. The van der Waals surface area contributed by atoms with Crippen molar-refractivity contribution < 1.29 is 4.79 Å². The lowest BCUT2D eigenvalue weighted by molar-refractivity contribution is 0.0925. The van der Waals surface area contributed by atoms with E-state index in [2.05, 4.69) is 11.9 Å². The molecule has 27 heavy (non-hydrogen) atoms. The Morgan fingerprint density at radius 1 is 1.19 bits per heavy atom. The van der Waals surface area contributed by atoms with Crippen molar-refractivity contribution in [2.75, 3.05) is 10.6 Å². The van der Waals surface area contributed by atoms with Crippen LogP contribution in [0.4, 0.5) is 11.5 Å². The Labute approximate surface area is 164 Å². The van der Waals surface area contributed by atoms with E-state index in [1.165, 1.54) is 0 Å². The van der Waals surface area contributed by atoms with Crippen LogP contribution in [0, 0.1) is 6.92 Å². The minimum absolute atomic E-state index is 0.0195. The third kappa shape index (κ3) is 3.04. The number of hydrogen-bond acceptors (Lipinski definition) is 3. The first-order valence-electron chi connectivity index (χ1n) is 9.14. The number of nitrogens with two attached hydrogens (primary N) is 1. The average Bonchev–Trinajstić information content (AvgIpc) is 2.64. The molecule has 1 heterocycles. The number of carbonyl (C=O) groups excluding carboxylic acids is 1. The molecule has 0 radical (unpaired) electrons. The van der Waals surface area contributed by atoms with Gasteiger partial charge in [0.25, 0.3) is 5.91 Å². The van der Waals surface area contributed by atoms with Gasteiger partial charge in [0, 0.05) is 33.8 Å². The normalized spacial score (nSPS) is 15.4. The maximum atomic E-state index is 13.4. The van der Waals surface area contributed by atoms with Crippen LogP contribution in [0.15, 0.2) is 48.7 Å². The van der Waals surface area contributed by atoms with Crippen LogP contribution in [0.3, 0.4) is 0 Å². The van der Waals surface area contributed by atoms with Gasteiger partial charge in [-0.25, -0.2) is 4.98 Å². The summed E-state index contributed by atoms with van der Waals surface area (Å²) in [5, 5.41) is 2.16. The van der Waals surface area contributed by atoms with Crippen LogP contribution in [0.1, 0.15) is 42.1 Å². The molecule has 4 rings (SSSR count). The number of carbonyl (C=O) groups is 1. The topological polar surface area (TPSA) is 59.2 Å². The molecule has 138 valence electrons. The first-order chi connectivity index (χ1) is 12.9. The molecule has 0 saturated heterocycles. The standard InChI is InChI=1S/C22H22ClN3O/c1-14-4-6-15(7-5-14)21(27)26(22(2)10-3-11-22)17-8-9-18-16(12-17)13-25-20(24)19(18)23/h4-9,12-13H,3,10-11H2,1-2H3,(H2,24,25). The number of pyridine rings is 1. The Morgan fingerprint density at radius 2 is 1.89 bits per heavy atom. The zero-order chi connectivity index (χ0) is 19.2. The van der Waals surface area contributed by atoms with Crippen molar-refractivity contribution in [2.24, 2.45) is 0 Å². The van der Waals surface area contributed by atoms with Crippen molar-refractivity contribution in [2.45, 2.75) is 38.6 Å². The molecule has 1 saturated carbocycles. The largest absolute Gasteiger partial charge is 0.382 e. The molecule has 0 bridgehead atoms. The van der Waals surface area contributed by atoms with Crippen molar-refractivity contribution in [1.29, 1.82) is 0 Å².